The fourth-order valence-corrected chi connectivity index (χ4v) is 4.60. The molecule has 5 aromatic rings. The van der Waals surface area contributed by atoms with Crippen LogP contribution in [0.2, 0.25) is 0 Å². The molecule has 0 atom stereocenters. The number of Topliss-reactive ketones (excluding diaryl/α,β-unsaturated/α-hetero) is 1. The number of aromatic amines is 1. The first-order chi connectivity index (χ1) is 16.7. The fourth-order valence-electron chi connectivity index (χ4n) is 3.74. The van der Waals surface area contributed by atoms with E-state index in [1.807, 2.05) is 59.2 Å². The van der Waals surface area contributed by atoms with Crippen molar-refractivity contribution in [2.45, 2.75) is 18.0 Å². The first kappa shape index (κ1) is 21.9. The summed E-state index contributed by atoms with van der Waals surface area (Å²) in [6.45, 7) is 0. The number of nitrogens with one attached hydrogen (secondary N) is 1. The summed E-state index contributed by atoms with van der Waals surface area (Å²) >= 11 is 1.39. The molecule has 0 spiro atoms. The van der Waals surface area contributed by atoms with Crippen molar-refractivity contribution in [3.63, 3.8) is 0 Å². The molecule has 170 valence electrons. The molecule has 0 bridgehead atoms. The number of carbonyl (C=O) groups excluding carboxylic acids is 1. The van der Waals surface area contributed by atoms with E-state index in [0.29, 0.717) is 23.6 Å². The molecule has 8 heteroatoms. The van der Waals surface area contributed by atoms with Crippen LogP contribution in [0, 0.1) is 0 Å². The Kier molecular flexibility index (Phi) is 6.40. The molecular formula is C26H23N5O2S. The zero-order valence-corrected chi connectivity index (χ0v) is 19.5. The van der Waals surface area contributed by atoms with E-state index >= 15 is 0 Å². The topological polar surface area (TPSA) is 85.7 Å². The van der Waals surface area contributed by atoms with Gasteiger partial charge in [0.25, 0.3) is 0 Å². The van der Waals surface area contributed by atoms with Gasteiger partial charge in [-0.3, -0.25) is 9.36 Å². The van der Waals surface area contributed by atoms with Gasteiger partial charge in [-0.15, -0.1) is 10.2 Å². The molecule has 5 rings (SSSR count). The Labute approximate surface area is 201 Å². The normalized spacial score (nSPS) is 11.1. The summed E-state index contributed by atoms with van der Waals surface area (Å²) in [5.74, 6) is 2.75. The Morgan fingerprint density at radius 2 is 1.71 bits per heavy atom. The van der Waals surface area contributed by atoms with Crippen molar-refractivity contribution < 1.29 is 9.53 Å². The molecule has 0 saturated heterocycles. The molecule has 0 aliphatic heterocycles. The molecule has 34 heavy (non-hydrogen) atoms. The summed E-state index contributed by atoms with van der Waals surface area (Å²) in [5.41, 5.74) is 3.58. The molecule has 2 heterocycles. The van der Waals surface area contributed by atoms with Crippen LogP contribution in [0.25, 0.3) is 16.7 Å². The maximum absolute atomic E-state index is 12.7. The number of ketones is 1. The predicted octanol–water partition coefficient (Wildman–Crippen LogP) is 4.91. The second kappa shape index (κ2) is 9.93. The van der Waals surface area contributed by atoms with Crippen molar-refractivity contribution in [1.29, 1.82) is 0 Å². The summed E-state index contributed by atoms with van der Waals surface area (Å²) < 4.78 is 7.20. The number of H-pyrrole nitrogens is 1. The molecule has 0 aliphatic carbocycles. The van der Waals surface area contributed by atoms with E-state index in [0.717, 1.165) is 34.1 Å². The van der Waals surface area contributed by atoms with Gasteiger partial charge in [-0.05, 0) is 48.5 Å². The van der Waals surface area contributed by atoms with Crippen LogP contribution in [0.4, 0.5) is 0 Å². The molecule has 0 unspecified atom stereocenters. The van der Waals surface area contributed by atoms with Crippen molar-refractivity contribution in [2.75, 3.05) is 12.9 Å². The van der Waals surface area contributed by atoms with Crippen LogP contribution >= 0.6 is 11.8 Å². The van der Waals surface area contributed by atoms with Gasteiger partial charge in [-0.1, -0.05) is 42.1 Å². The maximum atomic E-state index is 12.7. The van der Waals surface area contributed by atoms with Crippen molar-refractivity contribution >= 4 is 28.6 Å². The summed E-state index contributed by atoms with van der Waals surface area (Å²) in [5, 5.41) is 9.56. The number of aryl methyl sites for hydroxylation is 2. The lowest BCUT2D eigenvalue weighted by Gasteiger charge is -2.10. The summed E-state index contributed by atoms with van der Waals surface area (Å²) in [4.78, 5) is 20.8. The lowest BCUT2D eigenvalue weighted by atomic mass is 10.1. The van der Waals surface area contributed by atoms with Crippen LogP contribution in [0.1, 0.15) is 22.0 Å². The Balaban J connectivity index is 1.35. The second-order valence-corrected chi connectivity index (χ2v) is 8.65. The smallest absolute Gasteiger partial charge is 0.196 e. The minimum atomic E-state index is 0.0269. The van der Waals surface area contributed by atoms with Crippen LogP contribution in [0.15, 0.2) is 84.0 Å². The quantitative estimate of drug-likeness (QED) is 0.244. The predicted molar refractivity (Wildman–Crippen MR) is 133 cm³/mol. The Hall–Kier alpha value is -3.91. The highest BCUT2D eigenvalue weighted by atomic mass is 32.2. The largest absolute Gasteiger partial charge is 0.497 e. The number of hydrogen-bond donors (Lipinski definition) is 1. The SMILES string of the molecule is COc1ccc(C(=O)CSc2nnc(CCc3nc4ccccc4[nH]3)n2-c2ccccc2)cc1. The lowest BCUT2D eigenvalue weighted by molar-refractivity contribution is 0.102. The molecule has 0 amide bonds. The van der Waals surface area contributed by atoms with Gasteiger partial charge < -0.3 is 9.72 Å². The van der Waals surface area contributed by atoms with E-state index in [1.54, 1.807) is 31.4 Å². The Morgan fingerprint density at radius 3 is 2.47 bits per heavy atom. The van der Waals surface area contributed by atoms with Crippen LogP contribution < -0.4 is 4.74 Å². The zero-order valence-electron chi connectivity index (χ0n) is 18.6. The number of para-hydroxylation sites is 3. The first-order valence-electron chi connectivity index (χ1n) is 10.9. The molecule has 0 aliphatic rings. The molecular weight excluding hydrogens is 446 g/mol. The second-order valence-electron chi connectivity index (χ2n) is 7.71. The van der Waals surface area contributed by atoms with Gasteiger partial charge in [0, 0.05) is 24.1 Å². The Morgan fingerprint density at radius 1 is 0.941 bits per heavy atom. The average molecular weight is 470 g/mol. The third-order valence-corrected chi connectivity index (χ3v) is 6.41. The number of carbonyl (C=O) groups is 1. The van der Waals surface area contributed by atoms with Crippen LogP contribution in [-0.4, -0.2) is 43.4 Å². The summed E-state index contributed by atoms with van der Waals surface area (Å²) in [6.07, 6.45) is 1.36. The number of fused-ring (bicyclic) bond motifs is 1. The highest BCUT2D eigenvalue weighted by Gasteiger charge is 2.17. The zero-order chi connectivity index (χ0) is 23.3. The van der Waals surface area contributed by atoms with E-state index in [4.69, 9.17) is 4.74 Å². The monoisotopic (exact) mass is 469 g/mol. The molecule has 3 aromatic carbocycles. The number of methoxy groups -OCH3 is 1. The number of nitrogens with zero attached hydrogens (tertiary/aromatic N) is 4. The van der Waals surface area contributed by atoms with E-state index in [1.165, 1.54) is 11.8 Å². The molecule has 0 radical (unpaired) electrons. The number of thioether (sulfide) groups is 1. The standard InChI is InChI=1S/C26H23N5O2S/c1-33-20-13-11-18(12-14-20)23(32)17-34-26-30-29-25(31(26)19-7-3-2-4-8-19)16-15-24-27-21-9-5-6-10-22(21)28-24/h2-14H,15-17H2,1H3,(H,27,28). The van der Waals surface area contributed by atoms with E-state index in [9.17, 15) is 4.79 Å². The van der Waals surface area contributed by atoms with Gasteiger partial charge in [-0.25, -0.2) is 4.98 Å². The third-order valence-electron chi connectivity index (χ3n) is 5.48. The molecule has 7 nitrogen and oxygen atoms in total. The van der Waals surface area contributed by atoms with E-state index in [2.05, 4.69) is 20.2 Å². The third kappa shape index (κ3) is 4.72. The average Bonchev–Trinajstić information content (AvgIpc) is 3.50. The highest BCUT2D eigenvalue weighted by molar-refractivity contribution is 7.99. The molecule has 2 aromatic heterocycles. The number of aromatic nitrogens is 5. The van der Waals surface area contributed by atoms with Crippen molar-refractivity contribution in [3.8, 4) is 11.4 Å². The van der Waals surface area contributed by atoms with E-state index in [-0.39, 0.29) is 11.5 Å². The molecule has 0 fully saturated rings. The minimum absolute atomic E-state index is 0.0269. The summed E-state index contributed by atoms with van der Waals surface area (Å²) in [7, 11) is 1.61. The van der Waals surface area contributed by atoms with Crippen molar-refractivity contribution in [1.82, 2.24) is 24.7 Å². The van der Waals surface area contributed by atoms with E-state index < -0.39 is 0 Å². The number of rotatable bonds is 9. The van der Waals surface area contributed by atoms with Gasteiger partial charge >= 0.3 is 0 Å². The van der Waals surface area contributed by atoms with Gasteiger partial charge in [-0.2, -0.15) is 0 Å². The summed E-state index contributed by atoms with van der Waals surface area (Å²) in [6, 6.07) is 25.1. The minimum Gasteiger partial charge on any atom is -0.497 e. The van der Waals surface area contributed by atoms with Crippen molar-refractivity contribution in [3.05, 3.63) is 96.1 Å². The number of hydrogen-bond acceptors (Lipinski definition) is 6. The van der Waals surface area contributed by atoms with Gasteiger partial charge in [0.1, 0.15) is 17.4 Å². The molecule has 0 saturated carbocycles. The van der Waals surface area contributed by atoms with Gasteiger partial charge in [0.05, 0.1) is 23.9 Å². The lowest BCUT2D eigenvalue weighted by Crippen LogP contribution is -2.07. The van der Waals surface area contributed by atoms with Gasteiger partial charge in [0.2, 0.25) is 0 Å². The van der Waals surface area contributed by atoms with Gasteiger partial charge in [0.15, 0.2) is 10.9 Å². The fraction of sp³-hybridized carbons (Fsp3) is 0.154. The van der Waals surface area contributed by atoms with Crippen LogP contribution in [0.5, 0.6) is 5.75 Å². The molecule has 1 N–H and O–H groups in total. The van der Waals surface area contributed by atoms with Crippen LogP contribution in [-0.2, 0) is 12.8 Å². The highest BCUT2D eigenvalue weighted by Crippen LogP contribution is 2.24. The maximum Gasteiger partial charge on any atom is 0.196 e. The number of ether oxygens (including phenoxy) is 1. The number of imidazole rings is 1. The first-order valence-corrected chi connectivity index (χ1v) is 11.9. The Bertz CT molecular complexity index is 1380. The van der Waals surface area contributed by atoms with Crippen molar-refractivity contribution in [2.24, 2.45) is 0 Å². The van der Waals surface area contributed by atoms with Crippen LogP contribution in [0.3, 0.4) is 0 Å². The number of benzene rings is 3.